The van der Waals surface area contributed by atoms with Crippen LogP contribution in [-0.2, 0) is 16.4 Å². The zero-order valence-electron chi connectivity index (χ0n) is 11.6. The van der Waals surface area contributed by atoms with Gasteiger partial charge in [0, 0.05) is 24.4 Å². The van der Waals surface area contributed by atoms with Gasteiger partial charge >= 0.3 is 0 Å². The minimum absolute atomic E-state index is 0.0191. The topological polar surface area (TPSA) is 118 Å². The second-order valence-corrected chi connectivity index (χ2v) is 7.04. The number of aryl methyl sites for hydroxylation is 1. The van der Waals surface area contributed by atoms with Crippen molar-refractivity contribution in [2.75, 3.05) is 12.3 Å². The lowest BCUT2D eigenvalue weighted by Gasteiger charge is -2.23. The molecule has 0 aliphatic heterocycles. The fraction of sp³-hybridized carbons (Fsp3) is 0.500. The number of pyridine rings is 1. The van der Waals surface area contributed by atoms with Gasteiger partial charge in [-0.05, 0) is 24.1 Å². The highest BCUT2D eigenvalue weighted by atomic mass is 32.2. The molecule has 0 spiro atoms. The van der Waals surface area contributed by atoms with Gasteiger partial charge in [-0.1, -0.05) is 19.0 Å². The number of hydrogen-bond donors (Lipinski definition) is 3. The summed E-state index contributed by atoms with van der Waals surface area (Å²) in [6.07, 6.45) is 3.65. The van der Waals surface area contributed by atoms with E-state index in [2.05, 4.69) is 14.9 Å². The number of oxime groups is 1. The molecule has 4 N–H and O–H groups in total. The predicted molar refractivity (Wildman–Crippen MR) is 76.9 cm³/mol. The summed E-state index contributed by atoms with van der Waals surface area (Å²) in [5.74, 6) is -0.0437. The Bertz CT molecular complexity index is 555. The van der Waals surface area contributed by atoms with Gasteiger partial charge in [0.05, 0.1) is 5.75 Å². The van der Waals surface area contributed by atoms with Gasteiger partial charge in [0.25, 0.3) is 0 Å². The van der Waals surface area contributed by atoms with Crippen molar-refractivity contribution in [3.63, 3.8) is 0 Å². The van der Waals surface area contributed by atoms with Gasteiger partial charge < -0.3 is 10.9 Å². The SMILES string of the molecule is CC(C)(CNS(=O)(=O)CCc1ccncc1)/C(N)=N/O. The van der Waals surface area contributed by atoms with E-state index in [9.17, 15) is 8.42 Å². The van der Waals surface area contributed by atoms with Crippen LogP contribution in [-0.4, -0.2) is 36.7 Å². The Hall–Kier alpha value is -1.67. The highest BCUT2D eigenvalue weighted by Crippen LogP contribution is 2.14. The molecule has 7 nitrogen and oxygen atoms in total. The summed E-state index contributed by atoms with van der Waals surface area (Å²) in [6, 6.07) is 3.55. The van der Waals surface area contributed by atoms with Crippen LogP contribution < -0.4 is 10.5 Å². The molecule has 0 atom stereocenters. The van der Waals surface area contributed by atoms with E-state index >= 15 is 0 Å². The zero-order valence-corrected chi connectivity index (χ0v) is 12.4. The van der Waals surface area contributed by atoms with Crippen LogP contribution in [0, 0.1) is 5.41 Å². The number of sulfonamides is 1. The summed E-state index contributed by atoms with van der Waals surface area (Å²) < 4.78 is 26.3. The largest absolute Gasteiger partial charge is 0.409 e. The molecule has 112 valence electrons. The molecular weight excluding hydrogens is 280 g/mol. The van der Waals surface area contributed by atoms with Gasteiger partial charge in [0.15, 0.2) is 0 Å². The predicted octanol–water partition coefficient (Wildman–Crippen LogP) is 0.316. The number of aromatic nitrogens is 1. The molecule has 0 aliphatic carbocycles. The van der Waals surface area contributed by atoms with E-state index < -0.39 is 15.4 Å². The molecule has 0 unspecified atom stereocenters. The first kappa shape index (κ1) is 16.4. The number of amidine groups is 1. The van der Waals surface area contributed by atoms with Crippen molar-refractivity contribution in [3.05, 3.63) is 30.1 Å². The maximum atomic E-state index is 11.9. The molecule has 0 bridgehead atoms. The number of rotatable bonds is 7. The van der Waals surface area contributed by atoms with Crippen LogP contribution >= 0.6 is 0 Å². The quantitative estimate of drug-likeness (QED) is 0.290. The Balaban J connectivity index is 2.54. The average molecular weight is 300 g/mol. The fourth-order valence-corrected chi connectivity index (χ4v) is 2.62. The monoisotopic (exact) mass is 300 g/mol. The number of nitrogens with two attached hydrogens (primary N) is 1. The minimum atomic E-state index is -3.42. The highest BCUT2D eigenvalue weighted by molar-refractivity contribution is 7.89. The second kappa shape index (κ2) is 6.67. The van der Waals surface area contributed by atoms with Crippen LogP contribution in [0.5, 0.6) is 0 Å². The van der Waals surface area contributed by atoms with E-state index in [0.29, 0.717) is 6.42 Å². The van der Waals surface area contributed by atoms with Crippen molar-refractivity contribution in [1.29, 1.82) is 0 Å². The van der Waals surface area contributed by atoms with Gasteiger partial charge in [0.1, 0.15) is 5.84 Å². The Kier molecular flexibility index (Phi) is 5.46. The van der Waals surface area contributed by atoms with Crippen LogP contribution in [0.15, 0.2) is 29.7 Å². The zero-order chi connectivity index (χ0) is 15.2. The highest BCUT2D eigenvalue weighted by Gasteiger charge is 2.25. The maximum Gasteiger partial charge on any atom is 0.211 e. The summed E-state index contributed by atoms with van der Waals surface area (Å²) in [4.78, 5) is 3.87. The third-order valence-corrected chi connectivity index (χ3v) is 4.27. The van der Waals surface area contributed by atoms with Crippen LogP contribution in [0.4, 0.5) is 0 Å². The first-order chi connectivity index (χ1) is 9.27. The molecular formula is C12H20N4O3S. The van der Waals surface area contributed by atoms with E-state index in [1.165, 1.54) is 0 Å². The van der Waals surface area contributed by atoms with Crippen LogP contribution in [0.2, 0.25) is 0 Å². The van der Waals surface area contributed by atoms with E-state index in [1.54, 1.807) is 38.4 Å². The van der Waals surface area contributed by atoms with Crippen LogP contribution in [0.1, 0.15) is 19.4 Å². The van der Waals surface area contributed by atoms with Crippen molar-refractivity contribution in [3.8, 4) is 0 Å². The number of hydrogen-bond acceptors (Lipinski definition) is 5. The number of nitrogens with zero attached hydrogens (tertiary/aromatic N) is 2. The van der Waals surface area contributed by atoms with Crippen LogP contribution in [0.25, 0.3) is 0 Å². The summed E-state index contributed by atoms with van der Waals surface area (Å²) >= 11 is 0. The third kappa shape index (κ3) is 5.14. The lowest BCUT2D eigenvalue weighted by Crippen LogP contribution is -2.43. The molecule has 0 fully saturated rings. The molecule has 1 aromatic heterocycles. The summed E-state index contributed by atoms with van der Waals surface area (Å²) in [5.41, 5.74) is 5.66. The lowest BCUT2D eigenvalue weighted by atomic mass is 9.93. The van der Waals surface area contributed by atoms with Crippen molar-refractivity contribution < 1.29 is 13.6 Å². The molecule has 0 aliphatic rings. The Labute approximate surface area is 118 Å². The molecule has 8 heteroatoms. The Morgan fingerprint density at radius 2 is 2.05 bits per heavy atom. The van der Waals surface area contributed by atoms with Crippen molar-refractivity contribution in [2.24, 2.45) is 16.3 Å². The molecule has 1 heterocycles. The van der Waals surface area contributed by atoms with Crippen molar-refractivity contribution >= 4 is 15.9 Å². The first-order valence-corrected chi connectivity index (χ1v) is 7.76. The standard InChI is InChI=1S/C12H20N4O3S/c1-12(2,11(13)16-17)9-15-20(18,19)8-5-10-3-6-14-7-4-10/h3-4,6-7,15,17H,5,8-9H2,1-2H3,(H2,13,16). The van der Waals surface area contributed by atoms with Gasteiger partial charge in [-0.2, -0.15) is 0 Å². The molecule has 0 amide bonds. The normalized spacial score (nSPS) is 13.4. The summed E-state index contributed by atoms with van der Waals surface area (Å²) in [6.45, 7) is 3.45. The first-order valence-electron chi connectivity index (χ1n) is 6.11. The summed E-state index contributed by atoms with van der Waals surface area (Å²) in [5, 5.41) is 11.5. The number of nitrogens with one attached hydrogen (secondary N) is 1. The van der Waals surface area contributed by atoms with Crippen molar-refractivity contribution in [2.45, 2.75) is 20.3 Å². The van der Waals surface area contributed by atoms with E-state index in [4.69, 9.17) is 10.9 Å². The molecule has 0 saturated heterocycles. The third-order valence-electron chi connectivity index (χ3n) is 2.94. The molecule has 1 aromatic rings. The molecule has 0 aromatic carbocycles. The van der Waals surface area contributed by atoms with Gasteiger partial charge in [-0.3, -0.25) is 4.98 Å². The Morgan fingerprint density at radius 1 is 1.45 bits per heavy atom. The van der Waals surface area contributed by atoms with E-state index in [0.717, 1.165) is 5.56 Å². The molecule has 20 heavy (non-hydrogen) atoms. The fourth-order valence-electron chi connectivity index (χ4n) is 1.39. The van der Waals surface area contributed by atoms with E-state index in [1.807, 2.05) is 0 Å². The minimum Gasteiger partial charge on any atom is -0.409 e. The van der Waals surface area contributed by atoms with Gasteiger partial charge in [0.2, 0.25) is 10.0 Å². The Morgan fingerprint density at radius 3 is 2.60 bits per heavy atom. The van der Waals surface area contributed by atoms with Crippen LogP contribution in [0.3, 0.4) is 0 Å². The lowest BCUT2D eigenvalue weighted by molar-refractivity contribution is 0.307. The maximum absolute atomic E-state index is 11.9. The van der Waals surface area contributed by atoms with Crippen molar-refractivity contribution in [1.82, 2.24) is 9.71 Å². The molecule has 0 radical (unpaired) electrons. The molecule has 1 rings (SSSR count). The van der Waals surface area contributed by atoms with Gasteiger partial charge in [-0.25, -0.2) is 13.1 Å². The van der Waals surface area contributed by atoms with Gasteiger partial charge in [-0.15, -0.1) is 0 Å². The second-order valence-electron chi connectivity index (χ2n) is 5.11. The average Bonchev–Trinajstić information content (AvgIpc) is 2.43. The van der Waals surface area contributed by atoms with E-state index in [-0.39, 0.29) is 18.1 Å². The molecule has 0 saturated carbocycles. The summed E-state index contributed by atoms with van der Waals surface area (Å²) in [7, 11) is -3.42. The smallest absolute Gasteiger partial charge is 0.211 e.